The zero-order valence-electron chi connectivity index (χ0n) is 18.2. The number of amides is 2. The first-order chi connectivity index (χ1) is 14.6. The van der Waals surface area contributed by atoms with E-state index in [4.69, 9.17) is 0 Å². The van der Waals surface area contributed by atoms with Gasteiger partial charge in [0.05, 0.1) is 0 Å². The number of likely N-dealkylation sites (tertiary alicyclic amines) is 1. The van der Waals surface area contributed by atoms with Gasteiger partial charge in [-0.15, -0.1) is 0 Å². The van der Waals surface area contributed by atoms with Crippen molar-refractivity contribution in [3.63, 3.8) is 0 Å². The fraction of sp³-hybridized carbons (Fsp3) is 0.667. The summed E-state index contributed by atoms with van der Waals surface area (Å²) in [5.41, 5.74) is 1.11. The molecule has 2 amide bonds. The Morgan fingerprint density at radius 3 is 2.67 bits per heavy atom. The van der Waals surface area contributed by atoms with Gasteiger partial charge in [0, 0.05) is 44.2 Å². The molecule has 2 heterocycles. The molecule has 1 saturated carbocycles. The molecule has 2 N–H and O–H groups in total. The normalized spacial score (nSPS) is 28.6. The van der Waals surface area contributed by atoms with Crippen molar-refractivity contribution in [2.75, 3.05) is 20.1 Å². The molecule has 3 atom stereocenters. The van der Waals surface area contributed by atoms with E-state index < -0.39 is 0 Å². The molecule has 164 valence electrons. The second-order valence-electron chi connectivity index (χ2n) is 9.20. The van der Waals surface area contributed by atoms with Crippen LogP contribution in [0.5, 0.6) is 0 Å². The minimum atomic E-state index is -0.0324. The van der Waals surface area contributed by atoms with Gasteiger partial charge in [-0.2, -0.15) is 0 Å². The molecule has 1 aromatic rings. The van der Waals surface area contributed by atoms with Crippen molar-refractivity contribution in [2.45, 2.75) is 82.1 Å². The molecule has 0 unspecified atom stereocenters. The summed E-state index contributed by atoms with van der Waals surface area (Å²) >= 11 is 0. The lowest BCUT2D eigenvalue weighted by Crippen LogP contribution is -2.53. The van der Waals surface area contributed by atoms with Crippen molar-refractivity contribution in [3.05, 3.63) is 35.9 Å². The fourth-order valence-electron chi connectivity index (χ4n) is 5.60. The number of nitrogens with zero attached hydrogens (tertiary/aromatic N) is 2. The van der Waals surface area contributed by atoms with E-state index in [2.05, 4.69) is 27.5 Å². The molecular weight excluding hydrogens is 376 g/mol. The molecule has 4 rings (SSSR count). The molecule has 0 spiro atoms. The molecule has 1 aliphatic carbocycles. The van der Waals surface area contributed by atoms with Gasteiger partial charge in [0.15, 0.2) is 0 Å². The third-order valence-electron chi connectivity index (χ3n) is 7.37. The molecule has 0 aromatic heterocycles. The van der Waals surface area contributed by atoms with Gasteiger partial charge >= 0.3 is 0 Å². The van der Waals surface area contributed by atoms with Crippen LogP contribution in [0.15, 0.2) is 30.3 Å². The first-order valence-corrected chi connectivity index (χ1v) is 11.7. The zero-order chi connectivity index (χ0) is 20.9. The van der Waals surface area contributed by atoms with E-state index in [1.807, 2.05) is 30.3 Å². The van der Waals surface area contributed by atoms with Gasteiger partial charge in [0.1, 0.15) is 6.04 Å². The van der Waals surface area contributed by atoms with Crippen molar-refractivity contribution in [1.29, 1.82) is 0 Å². The lowest BCUT2D eigenvalue weighted by atomic mass is 9.93. The van der Waals surface area contributed by atoms with Crippen LogP contribution in [0.2, 0.25) is 0 Å². The standard InChI is InChI=1S/C24H36N4O2/c1-27-20(12-13-22(29)25-16-18-8-4-2-5-9-18)17-26-24(30)23-21(27)14-15-28(23)19-10-6-3-7-11-19/h2,4-5,8-9,19-21,23H,3,6-7,10-17H2,1H3,(H,25,29)(H,26,30)/t20-,21-,23-/m0/s1. The molecule has 6 nitrogen and oxygen atoms in total. The number of carbonyl (C=O) groups is 2. The maximum absolute atomic E-state index is 13.0. The Kier molecular flexibility index (Phi) is 7.05. The number of rotatable bonds is 6. The number of likely N-dealkylation sites (N-methyl/N-ethyl adjacent to an activating group) is 1. The van der Waals surface area contributed by atoms with Gasteiger partial charge in [0.2, 0.25) is 11.8 Å². The van der Waals surface area contributed by atoms with E-state index in [1.165, 1.54) is 32.1 Å². The van der Waals surface area contributed by atoms with Crippen LogP contribution in [0, 0.1) is 0 Å². The monoisotopic (exact) mass is 412 g/mol. The Hall–Kier alpha value is -1.92. The zero-order valence-corrected chi connectivity index (χ0v) is 18.2. The second-order valence-corrected chi connectivity index (χ2v) is 9.20. The van der Waals surface area contributed by atoms with Crippen molar-refractivity contribution < 1.29 is 9.59 Å². The number of fused-ring (bicyclic) bond motifs is 1. The molecule has 0 radical (unpaired) electrons. The summed E-state index contributed by atoms with van der Waals surface area (Å²) < 4.78 is 0. The predicted molar refractivity (Wildman–Crippen MR) is 118 cm³/mol. The molecule has 0 bridgehead atoms. The van der Waals surface area contributed by atoms with Crippen molar-refractivity contribution >= 4 is 11.8 Å². The summed E-state index contributed by atoms with van der Waals surface area (Å²) in [5, 5.41) is 6.21. The number of nitrogens with one attached hydrogen (secondary N) is 2. The Morgan fingerprint density at radius 1 is 1.13 bits per heavy atom. The lowest BCUT2D eigenvalue weighted by molar-refractivity contribution is -0.127. The number of carbonyl (C=O) groups excluding carboxylic acids is 2. The fourth-order valence-corrected chi connectivity index (χ4v) is 5.60. The van der Waals surface area contributed by atoms with Crippen LogP contribution in [0.1, 0.15) is 56.9 Å². The maximum atomic E-state index is 13.0. The summed E-state index contributed by atoms with van der Waals surface area (Å²) in [4.78, 5) is 30.2. The molecular formula is C24H36N4O2. The van der Waals surface area contributed by atoms with Crippen LogP contribution in [0.3, 0.4) is 0 Å². The summed E-state index contributed by atoms with van der Waals surface area (Å²) in [6.07, 6.45) is 8.66. The molecule has 2 aliphatic heterocycles. The Bertz CT molecular complexity index is 719. The van der Waals surface area contributed by atoms with Gasteiger partial charge in [-0.05, 0) is 38.3 Å². The molecule has 1 aromatic carbocycles. The van der Waals surface area contributed by atoms with E-state index in [-0.39, 0.29) is 29.9 Å². The molecule has 30 heavy (non-hydrogen) atoms. The van der Waals surface area contributed by atoms with E-state index in [0.29, 0.717) is 25.6 Å². The van der Waals surface area contributed by atoms with Crippen LogP contribution < -0.4 is 10.6 Å². The Balaban J connectivity index is 1.31. The summed E-state index contributed by atoms with van der Waals surface area (Å²) in [5.74, 6) is 0.264. The van der Waals surface area contributed by atoms with Crippen LogP contribution in [-0.2, 0) is 16.1 Å². The Labute approximate surface area is 180 Å². The highest BCUT2D eigenvalue weighted by molar-refractivity contribution is 5.83. The van der Waals surface area contributed by atoms with Crippen LogP contribution in [0.4, 0.5) is 0 Å². The van der Waals surface area contributed by atoms with Gasteiger partial charge in [-0.1, -0.05) is 49.6 Å². The minimum absolute atomic E-state index is 0.0324. The molecule has 2 saturated heterocycles. The third-order valence-corrected chi connectivity index (χ3v) is 7.37. The highest BCUT2D eigenvalue weighted by atomic mass is 16.2. The quantitative estimate of drug-likeness (QED) is 0.753. The minimum Gasteiger partial charge on any atom is -0.353 e. The smallest absolute Gasteiger partial charge is 0.239 e. The number of hydrogen-bond acceptors (Lipinski definition) is 4. The third kappa shape index (κ3) is 4.86. The first-order valence-electron chi connectivity index (χ1n) is 11.7. The van der Waals surface area contributed by atoms with Gasteiger partial charge in [-0.3, -0.25) is 19.4 Å². The van der Waals surface area contributed by atoms with Gasteiger partial charge in [0.25, 0.3) is 0 Å². The first kappa shape index (κ1) is 21.3. The van der Waals surface area contributed by atoms with Crippen molar-refractivity contribution in [1.82, 2.24) is 20.4 Å². The van der Waals surface area contributed by atoms with E-state index in [9.17, 15) is 9.59 Å². The van der Waals surface area contributed by atoms with Crippen LogP contribution in [-0.4, -0.2) is 65.9 Å². The predicted octanol–water partition coefficient (Wildman–Crippen LogP) is 2.29. The highest BCUT2D eigenvalue weighted by Crippen LogP contribution is 2.33. The van der Waals surface area contributed by atoms with Crippen molar-refractivity contribution in [3.8, 4) is 0 Å². The molecule has 6 heteroatoms. The van der Waals surface area contributed by atoms with Crippen LogP contribution in [0.25, 0.3) is 0 Å². The average molecular weight is 413 g/mol. The summed E-state index contributed by atoms with van der Waals surface area (Å²) in [6.45, 7) is 2.22. The van der Waals surface area contributed by atoms with Crippen molar-refractivity contribution in [2.24, 2.45) is 0 Å². The second kappa shape index (κ2) is 9.92. The lowest BCUT2D eigenvalue weighted by Gasteiger charge is -2.37. The average Bonchev–Trinajstić information content (AvgIpc) is 3.19. The molecule has 3 aliphatic rings. The SMILES string of the molecule is CN1[C@@H](CCC(=O)NCc2ccccc2)CNC(=O)[C@@H]2[C@@H]1CCN2C1CCCCC1. The van der Waals surface area contributed by atoms with E-state index in [0.717, 1.165) is 24.9 Å². The van der Waals surface area contributed by atoms with E-state index in [1.54, 1.807) is 0 Å². The van der Waals surface area contributed by atoms with Gasteiger partial charge < -0.3 is 10.6 Å². The van der Waals surface area contributed by atoms with E-state index >= 15 is 0 Å². The van der Waals surface area contributed by atoms with Gasteiger partial charge in [-0.25, -0.2) is 0 Å². The topological polar surface area (TPSA) is 64.7 Å². The number of hydrogen-bond donors (Lipinski definition) is 2. The highest BCUT2D eigenvalue weighted by Gasteiger charge is 2.47. The summed E-state index contributed by atoms with van der Waals surface area (Å²) in [7, 11) is 2.15. The summed E-state index contributed by atoms with van der Waals surface area (Å²) in [6, 6.07) is 11.0. The number of benzene rings is 1. The largest absolute Gasteiger partial charge is 0.353 e. The Morgan fingerprint density at radius 2 is 1.90 bits per heavy atom. The maximum Gasteiger partial charge on any atom is 0.239 e. The molecule has 3 fully saturated rings. The van der Waals surface area contributed by atoms with Crippen LogP contribution >= 0.6 is 0 Å².